The minimum Gasteiger partial charge on any atom is -0.494 e. The maximum atomic E-state index is 14.0. The maximum Gasteiger partial charge on any atom is 0.244 e. The number of hydrogen-bond donors (Lipinski definition) is 3. The van der Waals surface area contributed by atoms with E-state index in [1.807, 2.05) is 52.0 Å². The van der Waals surface area contributed by atoms with Crippen molar-refractivity contribution >= 4 is 35.2 Å². The number of carbonyl (C=O) groups excluding carboxylic acids is 3. The van der Waals surface area contributed by atoms with Gasteiger partial charge in [-0.05, 0) is 83.6 Å². The Morgan fingerprint density at radius 1 is 1.16 bits per heavy atom. The molecule has 6 atom stereocenters. The number of aliphatic hydroxyl groups is 1. The number of nitrogens with zero attached hydrogens (tertiary/aromatic N) is 1. The summed E-state index contributed by atoms with van der Waals surface area (Å²) in [4.78, 5) is 43.2. The summed E-state index contributed by atoms with van der Waals surface area (Å²) in [5, 5.41) is 15.3. The van der Waals surface area contributed by atoms with E-state index in [0.717, 1.165) is 18.6 Å². The summed E-state index contributed by atoms with van der Waals surface area (Å²) in [6.45, 7) is 11.0. The van der Waals surface area contributed by atoms with Gasteiger partial charge in [0.25, 0.3) is 0 Å². The van der Waals surface area contributed by atoms with E-state index in [-0.39, 0.29) is 35.5 Å². The lowest BCUT2D eigenvalue weighted by Crippen LogP contribution is -2.59. The van der Waals surface area contributed by atoms with Crippen molar-refractivity contribution in [3.05, 3.63) is 24.3 Å². The molecule has 3 fully saturated rings. The molecule has 3 unspecified atom stereocenters. The molecule has 1 spiro atoms. The van der Waals surface area contributed by atoms with E-state index in [4.69, 9.17) is 4.74 Å². The molecule has 3 heterocycles. The normalized spacial score (nSPS) is 30.4. The molecule has 4 rings (SSSR count). The molecular weight excluding hydrogens is 490 g/mol. The average Bonchev–Trinajstić information content (AvgIpc) is 3.41. The predicted octanol–water partition coefficient (Wildman–Crippen LogP) is 3.44. The fraction of sp³-hybridized carbons (Fsp3) is 0.679. The van der Waals surface area contributed by atoms with Crippen LogP contribution in [0.2, 0.25) is 0 Å². The van der Waals surface area contributed by atoms with Gasteiger partial charge in [-0.3, -0.25) is 14.4 Å². The number of benzene rings is 1. The van der Waals surface area contributed by atoms with Gasteiger partial charge in [-0.15, -0.1) is 11.8 Å². The molecule has 8 nitrogen and oxygen atoms in total. The Balaban J connectivity index is 1.62. The summed E-state index contributed by atoms with van der Waals surface area (Å²) < 4.78 is 4.87. The van der Waals surface area contributed by atoms with Crippen LogP contribution in [0.1, 0.15) is 60.3 Å². The summed E-state index contributed by atoms with van der Waals surface area (Å²) in [6, 6.07) is 6.64. The molecule has 0 aromatic heterocycles. The zero-order valence-corrected chi connectivity index (χ0v) is 23.4. The Hall–Kier alpha value is -2.26. The van der Waals surface area contributed by atoms with E-state index in [1.54, 1.807) is 16.7 Å². The van der Waals surface area contributed by atoms with Crippen molar-refractivity contribution in [2.45, 2.75) is 81.9 Å². The highest BCUT2D eigenvalue weighted by molar-refractivity contribution is 8.02. The number of ether oxygens (including phenoxy) is 1. The second-order valence-electron chi connectivity index (χ2n) is 11.6. The molecule has 2 bridgehead atoms. The van der Waals surface area contributed by atoms with Crippen LogP contribution in [-0.2, 0) is 14.4 Å². The quantitative estimate of drug-likeness (QED) is 0.399. The highest BCUT2D eigenvalue weighted by atomic mass is 32.2. The standard InChI is InChI=1S/C28H41N3O5S/c1-6-36-19-12-10-18(11-13-19)29-24(33)21-20-16-17(2)28(37-20)22(21)26(35)31(14-8-7-9-15-32)23(28)25(34)30-27(3,4)5/h10-13,17,20-23,32H,6-9,14-16H2,1-5H3,(H,29,33)(H,30,34)/t17?,20-,21+,22+,23?,28?/m1/s1. The molecule has 204 valence electrons. The second-order valence-corrected chi connectivity index (χ2v) is 13.1. The van der Waals surface area contributed by atoms with Crippen LogP contribution in [0.25, 0.3) is 0 Å². The molecule has 37 heavy (non-hydrogen) atoms. The van der Waals surface area contributed by atoms with Gasteiger partial charge in [0.15, 0.2) is 0 Å². The minimum absolute atomic E-state index is 0.00637. The van der Waals surface area contributed by atoms with Crippen molar-refractivity contribution in [1.82, 2.24) is 10.2 Å². The third-order valence-corrected chi connectivity index (χ3v) is 9.86. The van der Waals surface area contributed by atoms with Crippen LogP contribution in [-0.4, -0.2) is 69.1 Å². The summed E-state index contributed by atoms with van der Waals surface area (Å²) in [5.74, 6) is -0.561. The van der Waals surface area contributed by atoms with E-state index in [2.05, 4.69) is 17.6 Å². The Bertz CT molecular complexity index is 1010. The first-order chi connectivity index (χ1) is 17.5. The van der Waals surface area contributed by atoms with Crippen LogP contribution in [0.3, 0.4) is 0 Å². The minimum atomic E-state index is -0.630. The number of likely N-dealkylation sites (tertiary alicyclic amines) is 1. The van der Waals surface area contributed by atoms with Gasteiger partial charge in [0.2, 0.25) is 17.7 Å². The molecule has 0 radical (unpaired) electrons. The van der Waals surface area contributed by atoms with Crippen molar-refractivity contribution in [3.8, 4) is 5.75 Å². The lowest BCUT2D eigenvalue weighted by atomic mass is 9.65. The Morgan fingerprint density at radius 2 is 1.86 bits per heavy atom. The number of anilines is 1. The highest BCUT2D eigenvalue weighted by Crippen LogP contribution is 2.68. The fourth-order valence-electron chi connectivity index (χ4n) is 6.40. The largest absolute Gasteiger partial charge is 0.494 e. The van der Waals surface area contributed by atoms with Crippen molar-refractivity contribution in [2.75, 3.05) is 25.1 Å². The number of carbonyl (C=O) groups is 3. The monoisotopic (exact) mass is 531 g/mol. The van der Waals surface area contributed by atoms with Crippen LogP contribution in [0.5, 0.6) is 5.75 Å². The molecule has 3 amide bonds. The fourth-order valence-corrected chi connectivity index (χ4v) is 8.82. The topological polar surface area (TPSA) is 108 Å². The summed E-state index contributed by atoms with van der Waals surface area (Å²) in [6.07, 6.45) is 2.95. The number of unbranched alkanes of at least 4 members (excludes halogenated alkanes) is 2. The summed E-state index contributed by atoms with van der Waals surface area (Å²) in [5.41, 5.74) is 0.225. The number of nitrogens with one attached hydrogen (secondary N) is 2. The van der Waals surface area contributed by atoms with Crippen LogP contribution in [0.15, 0.2) is 24.3 Å². The lowest BCUT2D eigenvalue weighted by molar-refractivity contribution is -0.139. The van der Waals surface area contributed by atoms with Crippen molar-refractivity contribution in [2.24, 2.45) is 17.8 Å². The van der Waals surface area contributed by atoms with Crippen molar-refractivity contribution in [1.29, 1.82) is 0 Å². The number of amides is 3. The number of fused-ring (bicyclic) bond motifs is 1. The van der Waals surface area contributed by atoms with Gasteiger partial charge in [-0.1, -0.05) is 6.92 Å². The summed E-state index contributed by atoms with van der Waals surface area (Å²) >= 11 is 1.68. The number of hydrogen-bond acceptors (Lipinski definition) is 6. The van der Waals surface area contributed by atoms with Crippen molar-refractivity contribution < 1.29 is 24.2 Å². The third kappa shape index (κ3) is 5.21. The number of rotatable bonds is 10. The molecule has 1 aromatic carbocycles. The van der Waals surface area contributed by atoms with Gasteiger partial charge < -0.3 is 25.4 Å². The average molecular weight is 532 g/mol. The Labute approximate surface area is 224 Å². The number of aliphatic hydroxyl groups excluding tert-OH is 1. The van der Waals surface area contributed by atoms with Gasteiger partial charge in [0, 0.05) is 29.6 Å². The van der Waals surface area contributed by atoms with E-state index < -0.39 is 28.2 Å². The van der Waals surface area contributed by atoms with Gasteiger partial charge in [-0.2, -0.15) is 0 Å². The molecule has 3 aliphatic rings. The molecule has 3 N–H and O–H groups in total. The smallest absolute Gasteiger partial charge is 0.244 e. The first kappa shape index (κ1) is 27.8. The van der Waals surface area contributed by atoms with Gasteiger partial charge in [0.05, 0.1) is 23.2 Å². The lowest BCUT2D eigenvalue weighted by Gasteiger charge is -2.39. The van der Waals surface area contributed by atoms with E-state index in [1.165, 1.54) is 0 Å². The van der Waals surface area contributed by atoms with Crippen LogP contribution in [0, 0.1) is 17.8 Å². The van der Waals surface area contributed by atoms with Gasteiger partial charge in [0.1, 0.15) is 11.8 Å². The Morgan fingerprint density at radius 3 is 2.49 bits per heavy atom. The molecule has 0 aliphatic carbocycles. The highest BCUT2D eigenvalue weighted by Gasteiger charge is 2.75. The first-order valence-electron chi connectivity index (χ1n) is 13.5. The van der Waals surface area contributed by atoms with E-state index in [0.29, 0.717) is 31.7 Å². The summed E-state index contributed by atoms with van der Waals surface area (Å²) in [7, 11) is 0. The SMILES string of the molecule is CCOc1ccc(NC(=O)[C@@H]2[C@H]3C(=O)N(CCCCCO)C(C(=O)NC(C)(C)C)C34S[C@@H]2CC4C)cc1. The zero-order chi connectivity index (χ0) is 27.0. The molecule has 3 aliphatic heterocycles. The van der Waals surface area contributed by atoms with Gasteiger partial charge >= 0.3 is 0 Å². The van der Waals surface area contributed by atoms with Crippen LogP contribution in [0.4, 0.5) is 5.69 Å². The first-order valence-corrected chi connectivity index (χ1v) is 14.4. The third-order valence-electron chi connectivity index (χ3n) is 7.78. The molecule has 9 heteroatoms. The van der Waals surface area contributed by atoms with Crippen molar-refractivity contribution in [3.63, 3.8) is 0 Å². The maximum absolute atomic E-state index is 14.0. The van der Waals surface area contributed by atoms with E-state index >= 15 is 0 Å². The van der Waals surface area contributed by atoms with Gasteiger partial charge in [-0.25, -0.2) is 0 Å². The van der Waals surface area contributed by atoms with Crippen LogP contribution >= 0.6 is 11.8 Å². The molecular formula is C28H41N3O5S. The predicted molar refractivity (Wildman–Crippen MR) is 145 cm³/mol. The zero-order valence-electron chi connectivity index (χ0n) is 22.6. The van der Waals surface area contributed by atoms with E-state index in [9.17, 15) is 19.5 Å². The number of thioether (sulfide) groups is 1. The Kier molecular flexibility index (Phi) is 8.14. The molecule has 3 saturated heterocycles. The van der Waals surface area contributed by atoms with Crippen LogP contribution < -0.4 is 15.4 Å². The second kappa shape index (κ2) is 10.8. The molecule has 0 saturated carbocycles. The molecule has 1 aromatic rings.